The van der Waals surface area contributed by atoms with E-state index in [1.165, 1.54) is 7.05 Å². The minimum atomic E-state index is -0.997. The van der Waals surface area contributed by atoms with Crippen molar-refractivity contribution in [3.63, 3.8) is 0 Å². The first-order valence-corrected chi connectivity index (χ1v) is 3.31. The molecule has 0 bridgehead atoms. The highest BCUT2D eigenvalue weighted by atomic mass is 32.1. The number of ether oxygens (including phenoxy) is 1. The van der Waals surface area contributed by atoms with Crippen molar-refractivity contribution in [2.45, 2.75) is 6.04 Å². The molecule has 5 nitrogen and oxygen atoms in total. The monoisotopic (exact) mass is 178 g/mol. The molecule has 0 aliphatic carbocycles. The van der Waals surface area contributed by atoms with Crippen molar-refractivity contribution in [1.29, 1.82) is 0 Å². The number of carboxylic acids is 1. The predicted molar refractivity (Wildman–Crippen MR) is 43.2 cm³/mol. The Morgan fingerprint density at radius 3 is 2.73 bits per heavy atom. The molecule has 6 heteroatoms. The van der Waals surface area contributed by atoms with Crippen LogP contribution in [0.5, 0.6) is 0 Å². The number of hydrogen-bond donors (Lipinski definition) is 3. The van der Waals surface area contributed by atoms with Gasteiger partial charge in [-0.05, 0) is 19.3 Å². The highest BCUT2D eigenvalue weighted by molar-refractivity contribution is 7.80. The van der Waals surface area contributed by atoms with Crippen LogP contribution in [0.25, 0.3) is 0 Å². The predicted octanol–water partition coefficient (Wildman–Crippen LogP) is -1.08. The van der Waals surface area contributed by atoms with Gasteiger partial charge in [0.25, 0.3) is 5.17 Å². The van der Waals surface area contributed by atoms with Crippen LogP contribution in [0.1, 0.15) is 0 Å². The summed E-state index contributed by atoms with van der Waals surface area (Å²) in [6.45, 7) is -0.0544. The van der Waals surface area contributed by atoms with Gasteiger partial charge in [0.2, 0.25) is 0 Å². The standard InChI is InChI=1S/C5H10N2O3S/c1-7-3(4(8)9)2-10-5(6)11/h3,7H,2H2,1H3,(H2,6,11)(H,8,9)/t3-/m0/s1. The van der Waals surface area contributed by atoms with Crippen LogP contribution < -0.4 is 11.1 Å². The number of nitrogens with two attached hydrogens (primary N) is 1. The zero-order valence-electron chi connectivity index (χ0n) is 6.03. The number of carboxylic acid groups (broad SMARTS) is 1. The van der Waals surface area contributed by atoms with E-state index in [1.807, 2.05) is 0 Å². The Labute approximate surface area is 69.5 Å². The molecule has 0 amide bonds. The lowest BCUT2D eigenvalue weighted by Gasteiger charge is -2.10. The largest absolute Gasteiger partial charge is 0.480 e. The maximum absolute atomic E-state index is 10.3. The lowest BCUT2D eigenvalue weighted by atomic mass is 10.3. The second-order valence-electron chi connectivity index (χ2n) is 1.81. The normalized spacial score (nSPS) is 12.1. The van der Waals surface area contributed by atoms with Crippen molar-refractivity contribution < 1.29 is 14.6 Å². The van der Waals surface area contributed by atoms with E-state index < -0.39 is 12.0 Å². The third-order valence-electron chi connectivity index (χ3n) is 1.04. The average Bonchev–Trinajstić information content (AvgIpc) is 1.87. The summed E-state index contributed by atoms with van der Waals surface area (Å²) in [4.78, 5) is 10.3. The van der Waals surface area contributed by atoms with Gasteiger partial charge < -0.3 is 20.9 Å². The first-order valence-electron chi connectivity index (χ1n) is 2.90. The summed E-state index contributed by atoms with van der Waals surface area (Å²) in [5.41, 5.74) is 4.98. The maximum atomic E-state index is 10.3. The first-order chi connectivity index (χ1) is 5.07. The Bertz CT molecular complexity index is 162. The van der Waals surface area contributed by atoms with Crippen molar-refractivity contribution in [2.24, 2.45) is 5.73 Å². The van der Waals surface area contributed by atoms with Crippen molar-refractivity contribution >= 4 is 23.4 Å². The average molecular weight is 178 g/mol. The van der Waals surface area contributed by atoms with Gasteiger partial charge in [-0.1, -0.05) is 0 Å². The Balaban J connectivity index is 3.70. The molecule has 0 aromatic heterocycles. The number of likely N-dealkylation sites (N-methyl/N-ethyl adjacent to an activating group) is 1. The summed E-state index contributed by atoms with van der Waals surface area (Å²) in [6.07, 6.45) is 0. The van der Waals surface area contributed by atoms with Crippen LogP contribution >= 0.6 is 12.2 Å². The molecular weight excluding hydrogens is 168 g/mol. The van der Waals surface area contributed by atoms with E-state index in [0.717, 1.165) is 0 Å². The Hall–Kier alpha value is -0.880. The summed E-state index contributed by atoms with van der Waals surface area (Å²) in [5.74, 6) is -0.997. The molecular formula is C5H10N2O3S. The fourth-order valence-electron chi connectivity index (χ4n) is 0.444. The van der Waals surface area contributed by atoms with Gasteiger partial charge in [-0.25, -0.2) is 0 Å². The van der Waals surface area contributed by atoms with Gasteiger partial charge in [0, 0.05) is 0 Å². The molecule has 0 aliphatic heterocycles. The molecule has 0 aliphatic rings. The van der Waals surface area contributed by atoms with Gasteiger partial charge in [0.15, 0.2) is 0 Å². The summed E-state index contributed by atoms with van der Waals surface area (Å²) in [7, 11) is 1.52. The Morgan fingerprint density at radius 2 is 2.45 bits per heavy atom. The van der Waals surface area contributed by atoms with Gasteiger partial charge in [-0.2, -0.15) is 0 Å². The van der Waals surface area contributed by atoms with E-state index in [-0.39, 0.29) is 11.8 Å². The van der Waals surface area contributed by atoms with Crippen LogP contribution in [-0.2, 0) is 9.53 Å². The zero-order chi connectivity index (χ0) is 8.85. The molecule has 4 N–H and O–H groups in total. The minimum absolute atomic E-state index is 0.0544. The van der Waals surface area contributed by atoms with E-state index in [0.29, 0.717) is 0 Å². The van der Waals surface area contributed by atoms with Crippen LogP contribution in [0.3, 0.4) is 0 Å². The molecule has 64 valence electrons. The fourth-order valence-corrected chi connectivity index (χ4v) is 0.512. The molecule has 0 fully saturated rings. The lowest BCUT2D eigenvalue weighted by molar-refractivity contribution is -0.140. The second-order valence-corrected chi connectivity index (χ2v) is 2.21. The molecule has 0 saturated heterocycles. The summed E-state index contributed by atoms with van der Waals surface area (Å²) >= 11 is 4.38. The molecule has 0 radical (unpaired) electrons. The molecule has 11 heavy (non-hydrogen) atoms. The van der Waals surface area contributed by atoms with Crippen LogP contribution in [0.2, 0.25) is 0 Å². The number of nitrogens with one attached hydrogen (secondary N) is 1. The topological polar surface area (TPSA) is 84.6 Å². The van der Waals surface area contributed by atoms with E-state index in [9.17, 15) is 4.79 Å². The molecule has 0 aromatic carbocycles. The van der Waals surface area contributed by atoms with E-state index in [4.69, 9.17) is 10.8 Å². The molecule has 0 unspecified atom stereocenters. The third kappa shape index (κ3) is 4.51. The number of rotatable bonds is 4. The molecule has 0 aromatic rings. The van der Waals surface area contributed by atoms with E-state index in [2.05, 4.69) is 22.3 Å². The van der Waals surface area contributed by atoms with Gasteiger partial charge in [-0.15, -0.1) is 0 Å². The number of carbonyl (C=O) groups is 1. The Kier molecular flexibility index (Phi) is 4.47. The molecule has 0 saturated carbocycles. The minimum Gasteiger partial charge on any atom is -0.480 e. The highest BCUT2D eigenvalue weighted by Crippen LogP contribution is 1.85. The van der Waals surface area contributed by atoms with E-state index in [1.54, 1.807) is 0 Å². The van der Waals surface area contributed by atoms with Crippen LogP contribution in [0.15, 0.2) is 0 Å². The van der Waals surface area contributed by atoms with Gasteiger partial charge in [0.05, 0.1) is 0 Å². The Morgan fingerprint density at radius 1 is 1.91 bits per heavy atom. The number of aliphatic carboxylic acids is 1. The van der Waals surface area contributed by atoms with Crippen molar-refractivity contribution in [1.82, 2.24) is 5.32 Å². The second kappa shape index (κ2) is 4.86. The summed E-state index contributed by atoms with van der Waals surface area (Å²) < 4.78 is 4.62. The van der Waals surface area contributed by atoms with Gasteiger partial charge in [0.1, 0.15) is 12.6 Å². The van der Waals surface area contributed by atoms with Crippen LogP contribution in [-0.4, -0.2) is 35.9 Å². The number of thiocarbonyl (C=S) groups is 1. The van der Waals surface area contributed by atoms with E-state index >= 15 is 0 Å². The lowest BCUT2D eigenvalue weighted by Crippen LogP contribution is -2.39. The molecule has 0 heterocycles. The molecule has 0 rings (SSSR count). The molecule has 0 spiro atoms. The molecule has 1 atom stereocenters. The van der Waals surface area contributed by atoms with Gasteiger partial charge in [-0.3, -0.25) is 4.79 Å². The van der Waals surface area contributed by atoms with Crippen LogP contribution in [0.4, 0.5) is 0 Å². The quantitative estimate of drug-likeness (QED) is 0.475. The zero-order valence-corrected chi connectivity index (χ0v) is 6.85. The fraction of sp³-hybridized carbons (Fsp3) is 0.600. The van der Waals surface area contributed by atoms with Crippen LogP contribution in [0, 0.1) is 0 Å². The third-order valence-corrected chi connectivity index (χ3v) is 1.16. The van der Waals surface area contributed by atoms with Crippen molar-refractivity contribution in [3.8, 4) is 0 Å². The van der Waals surface area contributed by atoms with Crippen molar-refractivity contribution in [3.05, 3.63) is 0 Å². The van der Waals surface area contributed by atoms with Crippen molar-refractivity contribution in [2.75, 3.05) is 13.7 Å². The smallest absolute Gasteiger partial charge is 0.324 e. The maximum Gasteiger partial charge on any atom is 0.324 e. The van der Waals surface area contributed by atoms with Gasteiger partial charge >= 0.3 is 5.97 Å². The number of hydrogen-bond acceptors (Lipinski definition) is 4. The summed E-state index contributed by atoms with van der Waals surface area (Å²) in [5, 5.41) is 10.8. The SMILES string of the molecule is CN[C@@H](COC(N)=S)C(=O)O. The first kappa shape index (κ1) is 10.1. The summed E-state index contributed by atoms with van der Waals surface area (Å²) in [6, 6.07) is -0.767. The highest BCUT2D eigenvalue weighted by Gasteiger charge is 2.14.